The SMILES string of the molecule is COCCOc1cc2c3c(c1)ncn3CCCCO2. The molecule has 1 aromatic carbocycles. The molecule has 5 nitrogen and oxygen atoms in total. The molecule has 0 aliphatic carbocycles. The first-order valence-electron chi connectivity index (χ1n) is 6.62. The molecule has 0 bridgehead atoms. The smallest absolute Gasteiger partial charge is 0.148 e. The van der Waals surface area contributed by atoms with Gasteiger partial charge in [0, 0.05) is 25.8 Å². The average molecular weight is 262 g/mol. The highest BCUT2D eigenvalue weighted by molar-refractivity contribution is 5.84. The van der Waals surface area contributed by atoms with Crippen LogP contribution in [-0.4, -0.2) is 36.5 Å². The zero-order valence-electron chi connectivity index (χ0n) is 11.1. The van der Waals surface area contributed by atoms with Crippen LogP contribution < -0.4 is 9.47 Å². The lowest BCUT2D eigenvalue weighted by atomic mass is 10.2. The number of ether oxygens (including phenoxy) is 3. The molecule has 5 heteroatoms. The van der Waals surface area contributed by atoms with E-state index in [9.17, 15) is 0 Å². The van der Waals surface area contributed by atoms with Crippen LogP contribution in [0.3, 0.4) is 0 Å². The van der Waals surface area contributed by atoms with E-state index in [-0.39, 0.29) is 0 Å². The Kier molecular flexibility index (Phi) is 3.55. The summed E-state index contributed by atoms with van der Waals surface area (Å²) in [6, 6.07) is 3.90. The number of nitrogens with zero attached hydrogens (tertiary/aromatic N) is 2. The highest BCUT2D eigenvalue weighted by Gasteiger charge is 2.14. The van der Waals surface area contributed by atoms with Gasteiger partial charge in [-0.3, -0.25) is 0 Å². The number of hydrogen-bond acceptors (Lipinski definition) is 4. The summed E-state index contributed by atoms with van der Waals surface area (Å²) in [5.74, 6) is 1.65. The Bertz CT molecular complexity index is 565. The lowest BCUT2D eigenvalue weighted by Crippen LogP contribution is -2.08. The van der Waals surface area contributed by atoms with Gasteiger partial charge in [-0.05, 0) is 12.8 Å². The molecule has 1 aliphatic rings. The van der Waals surface area contributed by atoms with E-state index in [1.165, 1.54) is 0 Å². The van der Waals surface area contributed by atoms with E-state index < -0.39 is 0 Å². The first-order valence-corrected chi connectivity index (χ1v) is 6.62. The lowest BCUT2D eigenvalue weighted by Gasteiger charge is -2.15. The Hall–Kier alpha value is -1.75. The maximum Gasteiger partial charge on any atom is 0.148 e. The number of imidazole rings is 1. The van der Waals surface area contributed by atoms with Gasteiger partial charge in [0.15, 0.2) is 0 Å². The van der Waals surface area contributed by atoms with Gasteiger partial charge in [0.1, 0.15) is 23.6 Å². The van der Waals surface area contributed by atoms with Crippen LogP contribution in [0.25, 0.3) is 11.0 Å². The van der Waals surface area contributed by atoms with Gasteiger partial charge in [-0.25, -0.2) is 4.98 Å². The molecular weight excluding hydrogens is 244 g/mol. The minimum absolute atomic E-state index is 0.530. The summed E-state index contributed by atoms with van der Waals surface area (Å²) in [5, 5.41) is 0. The van der Waals surface area contributed by atoms with Crippen molar-refractivity contribution >= 4 is 11.0 Å². The number of aryl methyl sites for hydroxylation is 1. The number of methoxy groups -OCH3 is 1. The van der Waals surface area contributed by atoms with E-state index in [0.717, 1.165) is 48.5 Å². The van der Waals surface area contributed by atoms with Crippen molar-refractivity contribution in [3.8, 4) is 11.5 Å². The molecular formula is C14H18N2O3. The normalized spacial score (nSPS) is 14.8. The first kappa shape index (κ1) is 12.3. The van der Waals surface area contributed by atoms with Crippen LogP contribution in [0.15, 0.2) is 18.5 Å². The monoisotopic (exact) mass is 262 g/mol. The third-order valence-electron chi connectivity index (χ3n) is 3.26. The molecule has 0 spiro atoms. The summed E-state index contributed by atoms with van der Waals surface area (Å²) < 4.78 is 18.6. The maximum absolute atomic E-state index is 5.83. The first-order chi connectivity index (χ1) is 9.38. The predicted octanol–water partition coefficient (Wildman–Crippen LogP) is 2.23. The highest BCUT2D eigenvalue weighted by atomic mass is 16.5. The predicted molar refractivity (Wildman–Crippen MR) is 71.8 cm³/mol. The zero-order valence-corrected chi connectivity index (χ0v) is 11.1. The number of aromatic nitrogens is 2. The summed E-state index contributed by atoms with van der Waals surface area (Å²) in [5.41, 5.74) is 1.99. The molecule has 2 aromatic rings. The fourth-order valence-corrected chi connectivity index (χ4v) is 2.32. The molecule has 0 N–H and O–H groups in total. The van der Waals surface area contributed by atoms with Gasteiger partial charge in [0.05, 0.1) is 25.1 Å². The zero-order chi connectivity index (χ0) is 13.1. The summed E-state index contributed by atoms with van der Waals surface area (Å²) in [7, 11) is 1.66. The third kappa shape index (κ3) is 2.51. The van der Waals surface area contributed by atoms with Gasteiger partial charge >= 0.3 is 0 Å². The number of hydrogen-bond donors (Lipinski definition) is 0. The van der Waals surface area contributed by atoms with Crippen LogP contribution in [0.5, 0.6) is 11.5 Å². The van der Waals surface area contributed by atoms with Gasteiger partial charge in [0.2, 0.25) is 0 Å². The lowest BCUT2D eigenvalue weighted by molar-refractivity contribution is 0.146. The Morgan fingerprint density at radius 3 is 3.16 bits per heavy atom. The number of benzene rings is 1. The Morgan fingerprint density at radius 1 is 1.32 bits per heavy atom. The molecule has 0 unspecified atom stereocenters. The van der Waals surface area contributed by atoms with Crippen molar-refractivity contribution in [1.29, 1.82) is 0 Å². The van der Waals surface area contributed by atoms with Gasteiger partial charge < -0.3 is 18.8 Å². The Morgan fingerprint density at radius 2 is 2.26 bits per heavy atom. The van der Waals surface area contributed by atoms with Crippen molar-refractivity contribution in [3.05, 3.63) is 18.5 Å². The molecule has 0 atom stereocenters. The fraction of sp³-hybridized carbons (Fsp3) is 0.500. The molecule has 1 aromatic heterocycles. The van der Waals surface area contributed by atoms with Crippen molar-refractivity contribution in [2.24, 2.45) is 0 Å². The van der Waals surface area contributed by atoms with E-state index in [2.05, 4.69) is 9.55 Å². The highest BCUT2D eigenvalue weighted by Crippen LogP contribution is 2.32. The van der Waals surface area contributed by atoms with E-state index >= 15 is 0 Å². The quantitative estimate of drug-likeness (QED) is 0.793. The minimum Gasteiger partial charge on any atom is -0.491 e. The fourth-order valence-electron chi connectivity index (χ4n) is 2.32. The summed E-state index contributed by atoms with van der Waals surface area (Å²) in [6.07, 6.45) is 4.06. The molecule has 0 amide bonds. The van der Waals surface area contributed by atoms with Crippen LogP contribution >= 0.6 is 0 Å². The summed E-state index contributed by atoms with van der Waals surface area (Å²) in [4.78, 5) is 4.43. The second kappa shape index (κ2) is 5.48. The van der Waals surface area contributed by atoms with Crippen LogP contribution in [0.4, 0.5) is 0 Å². The molecule has 0 fully saturated rings. The van der Waals surface area contributed by atoms with E-state index in [0.29, 0.717) is 13.2 Å². The maximum atomic E-state index is 5.83. The van der Waals surface area contributed by atoms with Crippen molar-refractivity contribution < 1.29 is 14.2 Å². The van der Waals surface area contributed by atoms with Crippen molar-refractivity contribution in [1.82, 2.24) is 9.55 Å². The standard InChI is InChI=1S/C14H18N2O3/c1-17-6-7-18-11-8-12-14-13(9-11)19-5-3-2-4-16(14)10-15-12/h8-10H,2-7H2,1H3. The molecule has 0 saturated carbocycles. The van der Waals surface area contributed by atoms with Crippen LogP contribution in [0.1, 0.15) is 12.8 Å². The largest absolute Gasteiger partial charge is 0.491 e. The molecule has 3 rings (SSSR count). The van der Waals surface area contributed by atoms with Gasteiger partial charge in [-0.1, -0.05) is 0 Å². The van der Waals surface area contributed by atoms with E-state index in [4.69, 9.17) is 14.2 Å². The van der Waals surface area contributed by atoms with E-state index in [1.807, 2.05) is 18.5 Å². The van der Waals surface area contributed by atoms with Crippen molar-refractivity contribution in [2.45, 2.75) is 19.4 Å². The van der Waals surface area contributed by atoms with Crippen molar-refractivity contribution in [2.75, 3.05) is 26.9 Å². The summed E-state index contributed by atoms with van der Waals surface area (Å²) >= 11 is 0. The molecule has 19 heavy (non-hydrogen) atoms. The number of rotatable bonds is 4. The van der Waals surface area contributed by atoms with Crippen molar-refractivity contribution in [3.63, 3.8) is 0 Å². The van der Waals surface area contributed by atoms with Crippen LogP contribution in [0, 0.1) is 0 Å². The van der Waals surface area contributed by atoms with Gasteiger partial charge in [-0.2, -0.15) is 0 Å². The summed E-state index contributed by atoms with van der Waals surface area (Å²) in [6.45, 7) is 2.85. The molecule has 102 valence electrons. The molecule has 1 aliphatic heterocycles. The second-order valence-electron chi connectivity index (χ2n) is 4.62. The minimum atomic E-state index is 0.530. The Labute approximate surface area is 112 Å². The van der Waals surface area contributed by atoms with Crippen LogP contribution in [-0.2, 0) is 11.3 Å². The molecule has 0 radical (unpaired) electrons. The molecule has 0 saturated heterocycles. The van der Waals surface area contributed by atoms with Gasteiger partial charge in [-0.15, -0.1) is 0 Å². The second-order valence-corrected chi connectivity index (χ2v) is 4.62. The topological polar surface area (TPSA) is 45.5 Å². The van der Waals surface area contributed by atoms with E-state index in [1.54, 1.807) is 7.11 Å². The van der Waals surface area contributed by atoms with Crippen LogP contribution in [0.2, 0.25) is 0 Å². The molecule has 2 heterocycles. The average Bonchev–Trinajstić information content (AvgIpc) is 2.78. The third-order valence-corrected chi connectivity index (χ3v) is 3.26. The Balaban J connectivity index is 1.95. The van der Waals surface area contributed by atoms with Gasteiger partial charge in [0.25, 0.3) is 0 Å².